The standard InChI is InChI=1S/C11H24N2O.ClH/c1-8(2)6-5-7-13-11(14)9(3)10(4)12;/h8-10H,5-7,12H2,1-4H3,(H,13,14);1H. The van der Waals surface area contributed by atoms with E-state index in [1.165, 1.54) is 0 Å². The molecule has 0 saturated heterocycles. The molecular weight excluding hydrogens is 212 g/mol. The van der Waals surface area contributed by atoms with Gasteiger partial charge in [0.05, 0.1) is 0 Å². The Hall–Kier alpha value is -0.280. The van der Waals surface area contributed by atoms with Crippen molar-refractivity contribution < 1.29 is 4.79 Å². The van der Waals surface area contributed by atoms with Crippen molar-refractivity contribution in [1.29, 1.82) is 0 Å². The number of rotatable bonds is 6. The number of hydrogen-bond acceptors (Lipinski definition) is 2. The molecule has 1 amide bonds. The number of nitrogens with one attached hydrogen (secondary N) is 1. The quantitative estimate of drug-likeness (QED) is 0.693. The van der Waals surface area contributed by atoms with E-state index in [-0.39, 0.29) is 30.3 Å². The van der Waals surface area contributed by atoms with Gasteiger partial charge in [-0.2, -0.15) is 0 Å². The largest absolute Gasteiger partial charge is 0.356 e. The highest BCUT2D eigenvalue weighted by atomic mass is 35.5. The fraction of sp³-hybridized carbons (Fsp3) is 0.909. The molecule has 0 bridgehead atoms. The Labute approximate surface area is 99.6 Å². The van der Waals surface area contributed by atoms with Gasteiger partial charge in [0.15, 0.2) is 0 Å². The van der Waals surface area contributed by atoms with Crippen LogP contribution in [0.15, 0.2) is 0 Å². The van der Waals surface area contributed by atoms with Gasteiger partial charge < -0.3 is 11.1 Å². The van der Waals surface area contributed by atoms with Crippen molar-refractivity contribution in [2.45, 2.75) is 46.6 Å². The minimum atomic E-state index is -0.0888. The fourth-order valence-corrected chi connectivity index (χ4v) is 1.12. The average molecular weight is 237 g/mol. The van der Waals surface area contributed by atoms with Crippen LogP contribution in [0.4, 0.5) is 0 Å². The molecule has 0 spiro atoms. The molecule has 0 aliphatic heterocycles. The third kappa shape index (κ3) is 8.70. The molecule has 3 nitrogen and oxygen atoms in total. The van der Waals surface area contributed by atoms with Gasteiger partial charge in [0, 0.05) is 18.5 Å². The molecule has 2 atom stereocenters. The minimum absolute atomic E-state index is 0. The Morgan fingerprint density at radius 1 is 1.27 bits per heavy atom. The van der Waals surface area contributed by atoms with Gasteiger partial charge in [0.1, 0.15) is 0 Å². The van der Waals surface area contributed by atoms with E-state index in [2.05, 4.69) is 19.2 Å². The summed E-state index contributed by atoms with van der Waals surface area (Å²) in [6.45, 7) is 8.87. The highest BCUT2D eigenvalue weighted by Gasteiger charge is 2.15. The third-order valence-corrected chi connectivity index (χ3v) is 2.46. The molecule has 3 N–H and O–H groups in total. The minimum Gasteiger partial charge on any atom is -0.356 e. The van der Waals surface area contributed by atoms with Gasteiger partial charge in [-0.05, 0) is 25.7 Å². The van der Waals surface area contributed by atoms with Gasteiger partial charge in [-0.25, -0.2) is 0 Å². The number of hydrogen-bond donors (Lipinski definition) is 2. The lowest BCUT2D eigenvalue weighted by molar-refractivity contribution is -0.124. The summed E-state index contributed by atoms with van der Waals surface area (Å²) in [6.07, 6.45) is 2.21. The maximum atomic E-state index is 11.4. The smallest absolute Gasteiger partial charge is 0.224 e. The van der Waals surface area contributed by atoms with E-state index in [0.29, 0.717) is 5.92 Å². The van der Waals surface area contributed by atoms with Crippen molar-refractivity contribution in [3.63, 3.8) is 0 Å². The van der Waals surface area contributed by atoms with Crippen molar-refractivity contribution in [2.24, 2.45) is 17.6 Å². The molecule has 92 valence electrons. The normalized spacial score (nSPS) is 14.3. The molecule has 2 unspecified atom stereocenters. The summed E-state index contributed by atoms with van der Waals surface area (Å²) in [4.78, 5) is 11.4. The molecule has 15 heavy (non-hydrogen) atoms. The van der Waals surface area contributed by atoms with Crippen LogP contribution in [-0.2, 0) is 4.79 Å². The van der Waals surface area contributed by atoms with Crippen molar-refractivity contribution in [1.82, 2.24) is 5.32 Å². The third-order valence-electron chi connectivity index (χ3n) is 2.46. The molecule has 0 saturated carbocycles. The first-order valence-electron chi connectivity index (χ1n) is 5.48. The predicted molar refractivity (Wildman–Crippen MR) is 67.1 cm³/mol. The average Bonchev–Trinajstić information content (AvgIpc) is 2.10. The van der Waals surface area contributed by atoms with Crippen molar-refractivity contribution >= 4 is 18.3 Å². The zero-order valence-electron chi connectivity index (χ0n) is 10.2. The molecule has 0 aromatic rings. The van der Waals surface area contributed by atoms with Gasteiger partial charge >= 0.3 is 0 Å². The molecule has 0 fully saturated rings. The second-order valence-corrected chi connectivity index (χ2v) is 4.47. The molecule has 0 aliphatic carbocycles. The van der Waals surface area contributed by atoms with Crippen LogP contribution >= 0.6 is 12.4 Å². The Kier molecular flexibility index (Phi) is 10.3. The van der Waals surface area contributed by atoms with Crippen LogP contribution in [0.25, 0.3) is 0 Å². The SMILES string of the molecule is CC(C)CCCNC(=O)C(C)C(C)N.Cl. The monoisotopic (exact) mass is 236 g/mol. The molecule has 0 aromatic carbocycles. The Morgan fingerprint density at radius 2 is 1.80 bits per heavy atom. The summed E-state index contributed by atoms with van der Waals surface area (Å²) in [6, 6.07) is -0.0694. The lowest BCUT2D eigenvalue weighted by Crippen LogP contribution is -2.38. The highest BCUT2D eigenvalue weighted by molar-refractivity contribution is 5.85. The second kappa shape index (κ2) is 8.98. The molecule has 0 heterocycles. The topological polar surface area (TPSA) is 55.1 Å². The van der Waals surface area contributed by atoms with Crippen LogP contribution in [0.5, 0.6) is 0 Å². The second-order valence-electron chi connectivity index (χ2n) is 4.47. The van der Waals surface area contributed by atoms with Gasteiger partial charge in [-0.15, -0.1) is 12.4 Å². The van der Waals surface area contributed by atoms with Crippen LogP contribution in [0.2, 0.25) is 0 Å². The van der Waals surface area contributed by atoms with E-state index >= 15 is 0 Å². The summed E-state index contributed by atoms with van der Waals surface area (Å²) in [5.74, 6) is 0.690. The van der Waals surface area contributed by atoms with Crippen LogP contribution in [0, 0.1) is 11.8 Å². The lowest BCUT2D eigenvalue weighted by atomic mass is 10.0. The van der Waals surface area contributed by atoms with Crippen molar-refractivity contribution in [2.75, 3.05) is 6.54 Å². The Bertz CT molecular complexity index is 172. The highest BCUT2D eigenvalue weighted by Crippen LogP contribution is 2.03. The summed E-state index contributed by atoms with van der Waals surface area (Å²) < 4.78 is 0. The van der Waals surface area contributed by atoms with Crippen molar-refractivity contribution in [3.8, 4) is 0 Å². The summed E-state index contributed by atoms with van der Waals surface area (Å²) >= 11 is 0. The summed E-state index contributed by atoms with van der Waals surface area (Å²) in [5.41, 5.74) is 5.63. The number of nitrogens with two attached hydrogens (primary N) is 1. The molecule has 0 rings (SSSR count). The van der Waals surface area contributed by atoms with E-state index in [1.54, 1.807) is 0 Å². The number of amides is 1. The number of halogens is 1. The van der Waals surface area contributed by atoms with Crippen LogP contribution in [-0.4, -0.2) is 18.5 Å². The first-order chi connectivity index (χ1) is 6.45. The van der Waals surface area contributed by atoms with Gasteiger partial charge in [-0.1, -0.05) is 20.8 Å². The number of carbonyl (C=O) groups excluding carboxylic acids is 1. The maximum Gasteiger partial charge on any atom is 0.224 e. The molecule has 0 radical (unpaired) electrons. The molecule has 4 heteroatoms. The van der Waals surface area contributed by atoms with Crippen LogP contribution < -0.4 is 11.1 Å². The van der Waals surface area contributed by atoms with E-state index < -0.39 is 0 Å². The zero-order valence-corrected chi connectivity index (χ0v) is 11.1. The van der Waals surface area contributed by atoms with Crippen molar-refractivity contribution in [3.05, 3.63) is 0 Å². The van der Waals surface area contributed by atoms with E-state index in [0.717, 1.165) is 19.4 Å². The predicted octanol–water partition coefficient (Wildman–Crippen LogP) is 1.94. The van der Waals surface area contributed by atoms with Gasteiger partial charge in [-0.3, -0.25) is 4.79 Å². The van der Waals surface area contributed by atoms with E-state index in [1.807, 2.05) is 13.8 Å². The lowest BCUT2D eigenvalue weighted by Gasteiger charge is -2.15. The first kappa shape index (κ1) is 17.1. The number of carbonyl (C=O) groups is 1. The summed E-state index contributed by atoms with van der Waals surface area (Å²) in [5, 5.41) is 2.90. The molecule has 0 aliphatic rings. The Morgan fingerprint density at radius 3 is 2.20 bits per heavy atom. The van der Waals surface area contributed by atoms with Crippen LogP contribution in [0.1, 0.15) is 40.5 Å². The summed E-state index contributed by atoms with van der Waals surface area (Å²) in [7, 11) is 0. The fourth-order valence-electron chi connectivity index (χ4n) is 1.12. The maximum absolute atomic E-state index is 11.4. The van der Waals surface area contributed by atoms with Gasteiger partial charge in [0.2, 0.25) is 5.91 Å². The van der Waals surface area contributed by atoms with Crippen LogP contribution in [0.3, 0.4) is 0 Å². The van der Waals surface area contributed by atoms with E-state index in [9.17, 15) is 4.79 Å². The Balaban J connectivity index is 0. The van der Waals surface area contributed by atoms with Gasteiger partial charge in [0.25, 0.3) is 0 Å². The molecule has 0 aromatic heterocycles. The molecular formula is C11H25ClN2O. The zero-order chi connectivity index (χ0) is 11.1. The first-order valence-corrected chi connectivity index (χ1v) is 5.48. The van der Waals surface area contributed by atoms with E-state index in [4.69, 9.17) is 5.73 Å².